The van der Waals surface area contributed by atoms with Crippen LogP contribution in [0.3, 0.4) is 0 Å². The second-order valence-electron chi connectivity index (χ2n) is 7.33. The van der Waals surface area contributed by atoms with Crippen LogP contribution >= 0.6 is 0 Å². The Kier molecular flexibility index (Phi) is 3.71. The molecule has 0 atom stereocenters. The Morgan fingerprint density at radius 1 is 1.10 bits per heavy atom. The average molecular weight is 304 g/mol. The molecule has 0 aliphatic heterocycles. The maximum atomic E-state index is 12.8. The van der Waals surface area contributed by atoms with Gasteiger partial charge in [-0.3, -0.25) is 4.79 Å². The molecule has 2 N–H and O–H groups in total. The fourth-order valence-electron chi connectivity index (χ4n) is 5.33. The van der Waals surface area contributed by atoms with Gasteiger partial charge in [0.05, 0.1) is 5.41 Å². The summed E-state index contributed by atoms with van der Waals surface area (Å²) in [6, 6.07) is 0. The van der Waals surface area contributed by atoms with Crippen molar-refractivity contribution in [3.8, 4) is 0 Å². The van der Waals surface area contributed by atoms with Crippen LogP contribution in [0.4, 0.5) is 13.2 Å². The van der Waals surface area contributed by atoms with E-state index in [0.29, 0.717) is 17.8 Å². The van der Waals surface area contributed by atoms with E-state index < -0.39 is 18.1 Å². The largest absolute Gasteiger partial charge is 0.406 e. The van der Waals surface area contributed by atoms with Crippen LogP contribution in [0, 0.1) is 23.2 Å². The normalized spacial score (nSPS) is 37.8. The Morgan fingerprint density at radius 2 is 1.57 bits per heavy atom. The molecule has 0 aromatic rings. The van der Waals surface area contributed by atoms with E-state index >= 15 is 0 Å². The van der Waals surface area contributed by atoms with Gasteiger partial charge in [0.15, 0.2) is 0 Å². The first-order chi connectivity index (χ1) is 9.81. The number of nitrogens with zero attached hydrogens (tertiary/aromatic N) is 1. The highest BCUT2D eigenvalue weighted by atomic mass is 19.4. The zero-order valence-electron chi connectivity index (χ0n) is 12.2. The van der Waals surface area contributed by atoms with E-state index in [9.17, 15) is 18.0 Å². The molecular formula is C15H23F3N2O. The van der Waals surface area contributed by atoms with Crippen LogP contribution in [0.5, 0.6) is 0 Å². The van der Waals surface area contributed by atoms with Crippen molar-refractivity contribution >= 4 is 5.91 Å². The molecule has 0 unspecified atom stereocenters. The number of halogens is 3. The second-order valence-corrected chi connectivity index (χ2v) is 7.33. The molecule has 4 aliphatic rings. The van der Waals surface area contributed by atoms with E-state index in [0.717, 1.165) is 24.2 Å². The van der Waals surface area contributed by atoms with Gasteiger partial charge in [0.1, 0.15) is 6.54 Å². The third kappa shape index (κ3) is 2.91. The lowest BCUT2D eigenvalue weighted by Crippen LogP contribution is -2.56. The van der Waals surface area contributed by atoms with Crippen LogP contribution in [0.1, 0.15) is 38.5 Å². The lowest BCUT2D eigenvalue weighted by molar-refractivity contribution is -0.177. The molecule has 4 fully saturated rings. The molecule has 0 aromatic heterocycles. The third-order valence-corrected chi connectivity index (χ3v) is 5.55. The number of alkyl halides is 3. The monoisotopic (exact) mass is 304 g/mol. The van der Waals surface area contributed by atoms with Crippen molar-refractivity contribution in [2.45, 2.75) is 44.7 Å². The lowest BCUT2D eigenvalue weighted by Gasteiger charge is -2.56. The summed E-state index contributed by atoms with van der Waals surface area (Å²) < 4.78 is 38.2. The molecule has 0 aromatic carbocycles. The minimum absolute atomic E-state index is 0.0000926. The van der Waals surface area contributed by atoms with Crippen molar-refractivity contribution in [2.24, 2.45) is 28.9 Å². The van der Waals surface area contributed by atoms with Crippen LogP contribution < -0.4 is 5.73 Å². The molecule has 4 bridgehead atoms. The number of carbonyl (C=O) groups excluding carboxylic acids is 1. The fraction of sp³-hybridized carbons (Fsp3) is 0.933. The Bertz CT molecular complexity index is 386. The summed E-state index contributed by atoms with van der Waals surface area (Å²) in [7, 11) is 0. The number of amides is 1. The number of hydrogen-bond donors (Lipinski definition) is 1. The summed E-state index contributed by atoms with van der Waals surface area (Å²) in [5, 5.41) is 0. The van der Waals surface area contributed by atoms with Crippen molar-refractivity contribution in [3.63, 3.8) is 0 Å². The van der Waals surface area contributed by atoms with Gasteiger partial charge in [-0.05, 0) is 56.3 Å². The summed E-state index contributed by atoms with van der Waals surface area (Å²) in [4.78, 5) is 13.8. The molecule has 4 saturated carbocycles. The van der Waals surface area contributed by atoms with Crippen LogP contribution in [-0.4, -0.2) is 36.6 Å². The van der Waals surface area contributed by atoms with Gasteiger partial charge in [-0.25, -0.2) is 0 Å². The lowest BCUT2D eigenvalue weighted by atomic mass is 9.49. The maximum absolute atomic E-state index is 12.8. The molecular weight excluding hydrogens is 281 g/mol. The molecule has 0 radical (unpaired) electrons. The predicted molar refractivity (Wildman–Crippen MR) is 72.3 cm³/mol. The molecule has 0 saturated heterocycles. The molecule has 1 amide bonds. The molecule has 3 nitrogen and oxygen atoms in total. The first-order valence-electron chi connectivity index (χ1n) is 7.87. The van der Waals surface area contributed by atoms with Crippen molar-refractivity contribution in [2.75, 3.05) is 19.6 Å². The van der Waals surface area contributed by atoms with Gasteiger partial charge in [-0.15, -0.1) is 0 Å². The Morgan fingerprint density at radius 3 is 1.95 bits per heavy atom. The number of carbonyl (C=O) groups is 1. The predicted octanol–water partition coefficient (Wildman–Crippen LogP) is 2.55. The van der Waals surface area contributed by atoms with E-state index in [1.807, 2.05) is 0 Å². The Hall–Kier alpha value is -0.780. The molecule has 4 aliphatic carbocycles. The van der Waals surface area contributed by atoms with Gasteiger partial charge in [-0.2, -0.15) is 13.2 Å². The number of hydrogen-bond acceptors (Lipinski definition) is 2. The minimum atomic E-state index is -4.35. The van der Waals surface area contributed by atoms with E-state index in [-0.39, 0.29) is 19.0 Å². The van der Waals surface area contributed by atoms with E-state index in [1.165, 1.54) is 19.3 Å². The van der Waals surface area contributed by atoms with Crippen LogP contribution in [-0.2, 0) is 4.79 Å². The average Bonchev–Trinajstić information content (AvgIpc) is 2.34. The first-order valence-corrected chi connectivity index (χ1v) is 7.87. The number of rotatable bonds is 4. The number of nitrogens with two attached hydrogens (primary N) is 1. The highest BCUT2D eigenvalue weighted by Crippen LogP contribution is 2.60. The molecule has 0 heterocycles. The fourth-order valence-corrected chi connectivity index (χ4v) is 5.33. The van der Waals surface area contributed by atoms with Gasteiger partial charge in [0.25, 0.3) is 0 Å². The molecule has 0 spiro atoms. The summed E-state index contributed by atoms with van der Waals surface area (Å²) in [6.07, 6.45) is 1.52. The van der Waals surface area contributed by atoms with Crippen molar-refractivity contribution < 1.29 is 18.0 Å². The van der Waals surface area contributed by atoms with Crippen molar-refractivity contribution in [1.82, 2.24) is 4.90 Å². The second kappa shape index (κ2) is 5.14. The van der Waals surface area contributed by atoms with Crippen LogP contribution in [0.2, 0.25) is 0 Å². The SMILES string of the molecule is NCCN(CC(F)(F)F)C(=O)C12CC3CC(CC(C3)C1)C2. The molecule has 6 heteroatoms. The highest BCUT2D eigenvalue weighted by molar-refractivity contribution is 5.83. The molecule has 21 heavy (non-hydrogen) atoms. The Balaban J connectivity index is 1.79. The van der Waals surface area contributed by atoms with Crippen molar-refractivity contribution in [1.29, 1.82) is 0 Å². The summed E-state index contributed by atoms with van der Waals surface area (Å²) in [5.41, 5.74) is 4.90. The smallest absolute Gasteiger partial charge is 0.332 e. The van der Waals surface area contributed by atoms with Gasteiger partial charge >= 0.3 is 6.18 Å². The van der Waals surface area contributed by atoms with E-state index in [2.05, 4.69) is 0 Å². The summed E-state index contributed by atoms with van der Waals surface area (Å²) in [5.74, 6) is 1.35. The first kappa shape index (κ1) is 15.1. The zero-order valence-corrected chi connectivity index (χ0v) is 12.2. The summed E-state index contributed by atoms with van der Waals surface area (Å²) in [6.45, 7) is -1.08. The summed E-state index contributed by atoms with van der Waals surface area (Å²) >= 11 is 0. The van der Waals surface area contributed by atoms with E-state index in [1.54, 1.807) is 0 Å². The zero-order chi connectivity index (χ0) is 15.3. The van der Waals surface area contributed by atoms with Crippen molar-refractivity contribution in [3.05, 3.63) is 0 Å². The molecule has 4 rings (SSSR count). The van der Waals surface area contributed by atoms with E-state index in [4.69, 9.17) is 5.73 Å². The standard InChI is InChI=1S/C15H23F3N2O/c16-15(17,18)9-20(2-1-19)13(21)14-6-10-3-11(7-14)5-12(4-10)8-14/h10-12H,1-9,19H2. The minimum Gasteiger partial charge on any atom is -0.332 e. The Labute approximate surface area is 123 Å². The molecule has 120 valence electrons. The third-order valence-electron chi connectivity index (χ3n) is 5.55. The van der Waals surface area contributed by atoms with Gasteiger partial charge < -0.3 is 10.6 Å². The quantitative estimate of drug-likeness (QED) is 0.867. The van der Waals surface area contributed by atoms with Crippen LogP contribution in [0.15, 0.2) is 0 Å². The topological polar surface area (TPSA) is 46.3 Å². The van der Waals surface area contributed by atoms with Crippen LogP contribution in [0.25, 0.3) is 0 Å². The highest BCUT2D eigenvalue weighted by Gasteiger charge is 2.56. The van der Waals surface area contributed by atoms with Gasteiger partial charge in [0.2, 0.25) is 5.91 Å². The maximum Gasteiger partial charge on any atom is 0.406 e. The van der Waals surface area contributed by atoms with Gasteiger partial charge in [-0.1, -0.05) is 0 Å². The van der Waals surface area contributed by atoms with Gasteiger partial charge in [0, 0.05) is 13.1 Å².